The first-order chi connectivity index (χ1) is 5.03. The van der Waals surface area contributed by atoms with Gasteiger partial charge in [0.15, 0.2) is 0 Å². The molecule has 0 aromatic heterocycles. The maximum absolute atomic E-state index is 6.02. The smallest absolute Gasteiger partial charge is 0.0703 e. The van der Waals surface area contributed by atoms with Crippen molar-refractivity contribution in [3.05, 3.63) is 0 Å². The van der Waals surface area contributed by atoms with Crippen LogP contribution in [0.15, 0.2) is 0 Å². The predicted octanol–water partition coefficient (Wildman–Crippen LogP) is 2.65. The first-order valence-electron chi connectivity index (χ1n) is 4.79. The summed E-state index contributed by atoms with van der Waals surface area (Å²) in [6.45, 7) is 7.15. The van der Waals surface area contributed by atoms with Gasteiger partial charge in [0.2, 0.25) is 0 Å². The highest BCUT2D eigenvalue weighted by atomic mass is 14.6. The van der Waals surface area contributed by atoms with E-state index in [0.29, 0.717) is 11.2 Å². The molecule has 3 aliphatic rings. The third kappa shape index (κ3) is 0.831. The van der Waals surface area contributed by atoms with Gasteiger partial charge in [-0.25, -0.2) is 0 Å². The lowest BCUT2D eigenvalue weighted by Crippen LogP contribution is -2.53. The topological polar surface area (TPSA) is 0 Å². The van der Waals surface area contributed by atoms with Gasteiger partial charge in [0.25, 0.3) is 0 Å². The summed E-state index contributed by atoms with van der Waals surface area (Å²) in [5.41, 5.74) is 0.606. The first kappa shape index (κ1) is 7.70. The van der Waals surface area contributed by atoms with Gasteiger partial charge in [-0.2, -0.15) is 0 Å². The minimum atomic E-state index is 0.492. The molecule has 4 atom stereocenters. The lowest BCUT2D eigenvalue weighted by molar-refractivity contribution is -0.0979. The van der Waals surface area contributed by atoms with Crippen molar-refractivity contribution in [1.82, 2.24) is 0 Å². The molecule has 3 aliphatic carbocycles. The lowest BCUT2D eigenvalue weighted by atomic mass is 9.41. The van der Waals surface area contributed by atoms with Gasteiger partial charge in [-0.15, -0.1) is 0 Å². The fourth-order valence-electron chi connectivity index (χ4n) is 3.19. The van der Waals surface area contributed by atoms with Crippen LogP contribution in [0.5, 0.6) is 0 Å². The lowest BCUT2D eigenvalue weighted by Gasteiger charge is -2.62. The maximum Gasteiger partial charge on any atom is 0.0703 e. The molecule has 2 bridgehead atoms. The van der Waals surface area contributed by atoms with Crippen molar-refractivity contribution in [3.63, 3.8) is 0 Å². The fourth-order valence-corrected chi connectivity index (χ4v) is 3.19. The average molecular weight is 148 g/mol. The minimum absolute atomic E-state index is 0.492. The summed E-state index contributed by atoms with van der Waals surface area (Å²) in [7, 11) is 6.02. The Morgan fingerprint density at radius 2 is 1.91 bits per heavy atom. The van der Waals surface area contributed by atoms with Crippen molar-refractivity contribution in [3.8, 4) is 0 Å². The summed E-state index contributed by atoms with van der Waals surface area (Å²) in [5, 5.41) is 0. The highest BCUT2D eigenvalue weighted by Gasteiger charge is 2.54. The summed E-state index contributed by atoms with van der Waals surface area (Å²) < 4.78 is 0. The van der Waals surface area contributed by atoms with Crippen LogP contribution >= 0.6 is 0 Å². The Labute approximate surface area is 71.2 Å². The summed E-state index contributed by atoms with van der Waals surface area (Å²) in [6.07, 6.45) is 2.71. The minimum Gasteiger partial charge on any atom is -0.0743 e. The number of rotatable bonds is 0. The monoisotopic (exact) mass is 148 g/mol. The Hall–Kier alpha value is 0.0649. The molecule has 0 nitrogen and oxygen atoms in total. The summed E-state index contributed by atoms with van der Waals surface area (Å²) >= 11 is 0. The third-order valence-electron chi connectivity index (χ3n) is 4.41. The molecule has 0 aliphatic heterocycles. The standard InChI is InChI=1S/C10H17B/c1-6-8-4-7(5-9(6)11)10(8,2)3/h6-9H,4-5H2,1-3H3/t6-,7-,8+,9-/m1/s1. The van der Waals surface area contributed by atoms with Gasteiger partial charge in [-0.1, -0.05) is 33.0 Å². The largest absolute Gasteiger partial charge is 0.0743 e. The molecule has 0 aromatic rings. The van der Waals surface area contributed by atoms with Crippen LogP contribution in [0.25, 0.3) is 0 Å². The van der Waals surface area contributed by atoms with Gasteiger partial charge >= 0.3 is 0 Å². The molecular formula is C10H17B. The number of hydrogen-bond donors (Lipinski definition) is 0. The molecule has 0 unspecified atom stereocenters. The van der Waals surface area contributed by atoms with Crippen LogP contribution < -0.4 is 0 Å². The van der Waals surface area contributed by atoms with Gasteiger partial charge in [0, 0.05) is 0 Å². The highest BCUT2D eigenvalue weighted by Crippen LogP contribution is 2.63. The van der Waals surface area contributed by atoms with Crippen LogP contribution in [0, 0.1) is 23.2 Å². The number of fused-ring (bicyclic) bond motifs is 2. The van der Waals surface area contributed by atoms with Crippen molar-refractivity contribution in [2.75, 3.05) is 0 Å². The Kier molecular flexibility index (Phi) is 1.44. The molecule has 60 valence electrons. The Morgan fingerprint density at radius 3 is 2.27 bits per heavy atom. The van der Waals surface area contributed by atoms with E-state index in [2.05, 4.69) is 20.8 Å². The van der Waals surface area contributed by atoms with E-state index in [0.717, 1.165) is 17.8 Å². The van der Waals surface area contributed by atoms with Crippen LogP contribution in [0.1, 0.15) is 33.6 Å². The fraction of sp³-hybridized carbons (Fsp3) is 1.00. The quantitative estimate of drug-likeness (QED) is 0.463. The molecule has 0 spiro atoms. The molecule has 0 N–H and O–H groups in total. The molecule has 3 rings (SSSR count). The van der Waals surface area contributed by atoms with Crippen molar-refractivity contribution < 1.29 is 0 Å². The maximum atomic E-state index is 6.02. The summed E-state index contributed by atoms with van der Waals surface area (Å²) in [4.78, 5) is 0. The van der Waals surface area contributed by atoms with E-state index in [4.69, 9.17) is 7.85 Å². The zero-order valence-corrected chi connectivity index (χ0v) is 7.80. The zero-order chi connectivity index (χ0) is 8.22. The molecular weight excluding hydrogens is 131 g/mol. The molecule has 0 aromatic carbocycles. The zero-order valence-electron chi connectivity index (χ0n) is 7.80. The summed E-state index contributed by atoms with van der Waals surface area (Å²) in [6, 6.07) is 0. The van der Waals surface area contributed by atoms with E-state index in [1.165, 1.54) is 12.8 Å². The van der Waals surface area contributed by atoms with Crippen molar-refractivity contribution in [2.45, 2.75) is 39.4 Å². The molecule has 3 fully saturated rings. The van der Waals surface area contributed by atoms with Crippen LogP contribution in [0.2, 0.25) is 5.82 Å². The van der Waals surface area contributed by atoms with E-state index >= 15 is 0 Å². The van der Waals surface area contributed by atoms with E-state index in [1.807, 2.05) is 0 Å². The second-order valence-corrected chi connectivity index (χ2v) is 5.12. The van der Waals surface area contributed by atoms with E-state index < -0.39 is 0 Å². The van der Waals surface area contributed by atoms with E-state index in [-0.39, 0.29) is 0 Å². The van der Waals surface area contributed by atoms with Gasteiger partial charge < -0.3 is 0 Å². The Morgan fingerprint density at radius 1 is 1.27 bits per heavy atom. The first-order valence-corrected chi connectivity index (χ1v) is 4.79. The second kappa shape index (κ2) is 2.05. The van der Waals surface area contributed by atoms with Crippen molar-refractivity contribution in [1.29, 1.82) is 0 Å². The molecule has 0 amide bonds. The molecule has 0 saturated heterocycles. The molecule has 11 heavy (non-hydrogen) atoms. The molecule has 2 radical (unpaired) electrons. The second-order valence-electron chi connectivity index (χ2n) is 5.12. The molecule has 3 saturated carbocycles. The SMILES string of the molecule is [B][C@@H]1C[C@H]2C[C@@H]([C@H]1C)C2(C)C. The van der Waals surface area contributed by atoms with Crippen LogP contribution in [-0.4, -0.2) is 7.85 Å². The Bertz CT molecular complexity index is 174. The van der Waals surface area contributed by atoms with Crippen LogP contribution in [-0.2, 0) is 0 Å². The van der Waals surface area contributed by atoms with Crippen LogP contribution in [0.3, 0.4) is 0 Å². The number of hydrogen-bond acceptors (Lipinski definition) is 0. The van der Waals surface area contributed by atoms with Gasteiger partial charge in [-0.3, -0.25) is 0 Å². The summed E-state index contributed by atoms with van der Waals surface area (Å²) in [5.74, 6) is 3.09. The van der Waals surface area contributed by atoms with Crippen molar-refractivity contribution in [2.24, 2.45) is 23.2 Å². The third-order valence-corrected chi connectivity index (χ3v) is 4.41. The highest BCUT2D eigenvalue weighted by molar-refractivity contribution is 6.12. The normalized spacial score (nSPS) is 53.4. The van der Waals surface area contributed by atoms with E-state index in [9.17, 15) is 0 Å². The predicted molar refractivity (Wildman–Crippen MR) is 48.7 cm³/mol. The van der Waals surface area contributed by atoms with Gasteiger partial charge in [0.05, 0.1) is 7.85 Å². The van der Waals surface area contributed by atoms with E-state index in [1.54, 1.807) is 0 Å². The molecule has 0 heterocycles. The molecule has 1 heteroatoms. The van der Waals surface area contributed by atoms with Gasteiger partial charge in [0.1, 0.15) is 0 Å². The van der Waals surface area contributed by atoms with Gasteiger partial charge in [-0.05, 0) is 29.6 Å². The van der Waals surface area contributed by atoms with Crippen LogP contribution in [0.4, 0.5) is 0 Å². The average Bonchev–Trinajstić information content (AvgIpc) is 1.93. The van der Waals surface area contributed by atoms with Crippen molar-refractivity contribution >= 4 is 7.85 Å². The Balaban J connectivity index is 2.17.